The van der Waals surface area contributed by atoms with E-state index in [1.165, 1.54) is 0 Å². The number of carbonyl (C=O) groups is 2. The Morgan fingerprint density at radius 3 is 2.45 bits per heavy atom. The largest absolute Gasteiger partial charge is 0.493 e. The van der Waals surface area contributed by atoms with Gasteiger partial charge in [-0.25, -0.2) is 0 Å². The number of hydrogen-bond donors (Lipinski definition) is 2. The second kappa shape index (κ2) is 9.24. The molecule has 1 heterocycles. The molecule has 0 spiro atoms. The second-order valence-corrected chi connectivity index (χ2v) is 6.13. The van der Waals surface area contributed by atoms with Gasteiger partial charge in [0.2, 0.25) is 0 Å². The van der Waals surface area contributed by atoms with Crippen LogP contribution in [0.4, 0.5) is 18.9 Å². The molecule has 0 saturated carbocycles. The van der Waals surface area contributed by atoms with Gasteiger partial charge in [-0.3, -0.25) is 9.59 Å². The van der Waals surface area contributed by atoms with Crippen LogP contribution >= 0.6 is 0 Å². The van der Waals surface area contributed by atoms with Crippen LogP contribution < -0.4 is 15.4 Å². The molecular formula is C19H17F3N6O3. The van der Waals surface area contributed by atoms with Crippen LogP contribution in [-0.2, 0) is 0 Å². The fourth-order valence-electron chi connectivity index (χ4n) is 2.49. The first-order valence-electron chi connectivity index (χ1n) is 9.05. The number of rotatable bonds is 7. The number of anilines is 1. The van der Waals surface area contributed by atoms with E-state index in [4.69, 9.17) is 4.74 Å². The molecule has 31 heavy (non-hydrogen) atoms. The van der Waals surface area contributed by atoms with E-state index in [1.54, 1.807) is 53.8 Å². The number of carbonyl (C=O) groups excluding carboxylic acids is 2. The van der Waals surface area contributed by atoms with E-state index in [2.05, 4.69) is 20.7 Å². The summed E-state index contributed by atoms with van der Waals surface area (Å²) in [4.78, 5) is 25.2. The Labute approximate surface area is 174 Å². The Bertz CT molecular complexity index is 1070. The van der Waals surface area contributed by atoms with E-state index in [-0.39, 0.29) is 5.91 Å². The minimum absolute atomic E-state index is 0.362. The number of alkyl halides is 3. The number of hydrogen-bond acceptors (Lipinski definition) is 6. The summed E-state index contributed by atoms with van der Waals surface area (Å²) >= 11 is 0. The van der Waals surface area contributed by atoms with Gasteiger partial charge in [0.05, 0.1) is 17.9 Å². The SMILES string of the molecule is CCOc1ccccc1C(=O)Nc1ccc(-n2nnc(C(=O)NCC(F)(F)F)n2)cc1. The molecule has 162 valence electrons. The lowest BCUT2D eigenvalue weighted by atomic mass is 10.2. The molecule has 2 N–H and O–H groups in total. The Hall–Kier alpha value is -3.96. The third kappa shape index (κ3) is 5.78. The number of para-hydroxylation sites is 1. The summed E-state index contributed by atoms with van der Waals surface area (Å²) in [6.07, 6.45) is -4.55. The van der Waals surface area contributed by atoms with Gasteiger partial charge in [0.15, 0.2) is 0 Å². The molecule has 0 aliphatic heterocycles. The first kappa shape index (κ1) is 21.7. The molecule has 2 amide bonds. The zero-order valence-electron chi connectivity index (χ0n) is 16.2. The third-order valence-electron chi connectivity index (χ3n) is 3.85. The molecular weight excluding hydrogens is 417 g/mol. The van der Waals surface area contributed by atoms with Crippen LogP contribution in [0.5, 0.6) is 5.75 Å². The predicted octanol–water partition coefficient (Wildman–Crippen LogP) is 2.61. The van der Waals surface area contributed by atoms with Gasteiger partial charge < -0.3 is 15.4 Å². The Balaban J connectivity index is 1.66. The van der Waals surface area contributed by atoms with Crippen LogP contribution in [-0.4, -0.2) is 51.3 Å². The van der Waals surface area contributed by atoms with Crippen molar-refractivity contribution >= 4 is 17.5 Å². The van der Waals surface area contributed by atoms with Crippen molar-refractivity contribution in [1.82, 2.24) is 25.5 Å². The van der Waals surface area contributed by atoms with Gasteiger partial charge in [0.1, 0.15) is 12.3 Å². The lowest BCUT2D eigenvalue weighted by molar-refractivity contribution is -0.123. The molecule has 3 aromatic rings. The molecule has 0 saturated heterocycles. The van der Waals surface area contributed by atoms with Crippen molar-refractivity contribution < 1.29 is 27.5 Å². The van der Waals surface area contributed by atoms with Crippen LogP contribution in [0.3, 0.4) is 0 Å². The Morgan fingerprint density at radius 2 is 1.77 bits per heavy atom. The van der Waals surface area contributed by atoms with Crippen molar-refractivity contribution in [3.05, 3.63) is 59.9 Å². The average molecular weight is 434 g/mol. The highest BCUT2D eigenvalue weighted by Gasteiger charge is 2.28. The molecule has 3 rings (SSSR count). The molecule has 9 nitrogen and oxygen atoms in total. The first-order valence-corrected chi connectivity index (χ1v) is 9.05. The number of ether oxygens (including phenoxy) is 1. The quantitative estimate of drug-likeness (QED) is 0.592. The summed E-state index contributed by atoms with van der Waals surface area (Å²) in [7, 11) is 0. The van der Waals surface area contributed by atoms with Crippen LogP contribution in [0.25, 0.3) is 5.69 Å². The molecule has 0 fully saturated rings. The van der Waals surface area contributed by atoms with E-state index < -0.39 is 24.5 Å². The third-order valence-corrected chi connectivity index (χ3v) is 3.85. The van der Waals surface area contributed by atoms with Gasteiger partial charge in [-0.2, -0.15) is 13.2 Å². The highest BCUT2D eigenvalue weighted by molar-refractivity contribution is 6.06. The predicted molar refractivity (Wildman–Crippen MR) is 103 cm³/mol. The normalized spacial score (nSPS) is 11.1. The molecule has 0 atom stereocenters. The molecule has 0 aliphatic rings. The van der Waals surface area contributed by atoms with Gasteiger partial charge in [0.25, 0.3) is 17.6 Å². The monoisotopic (exact) mass is 434 g/mol. The topological polar surface area (TPSA) is 111 Å². The van der Waals surface area contributed by atoms with Crippen molar-refractivity contribution in [3.8, 4) is 11.4 Å². The second-order valence-electron chi connectivity index (χ2n) is 6.13. The number of amides is 2. The highest BCUT2D eigenvalue weighted by atomic mass is 19.4. The summed E-state index contributed by atoms with van der Waals surface area (Å²) in [5.74, 6) is -1.50. The van der Waals surface area contributed by atoms with Crippen LogP contribution in [0, 0.1) is 0 Å². The lowest BCUT2D eigenvalue weighted by Crippen LogP contribution is -2.34. The van der Waals surface area contributed by atoms with E-state index in [9.17, 15) is 22.8 Å². The van der Waals surface area contributed by atoms with Crippen molar-refractivity contribution in [1.29, 1.82) is 0 Å². The molecule has 0 unspecified atom stereocenters. The zero-order valence-corrected chi connectivity index (χ0v) is 16.2. The van der Waals surface area contributed by atoms with Gasteiger partial charge >= 0.3 is 6.18 Å². The summed E-state index contributed by atoms with van der Waals surface area (Å²) in [5.41, 5.74) is 1.24. The van der Waals surface area contributed by atoms with E-state index >= 15 is 0 Å². The lowest BCUT2D eigenvalue weighted by Gasteiger charge is -2.10. The van der Waals surface area contributed by atoms with E-state index in [0.29, 0.717) is 29.3 Å². The number of nitrogens with zero attached hydrogens (tertiary/aromatic N) is 4. The summed E-state index contributed by atoms with van der Waals surface area (Å²) in [6, 6.07) is 13.1. The number of tetrazole rings is 1. The maximum absolute atomic E-state index is 12.5. The minimum Gasteiger partial charge on any atom is -0.493 e. The Kier molecular flexibility index (Phi) is 6.48. The molecule has 12 heteroatoms. The van der Waals surface area contributed by atoms with Crippen molar-refractivity contribution in [2.24, 2.45) is 0 Å². The minimum atomic E-state index is -4.55. The maximum atomic E-state index is 12.5. The van der Waals surface area contributed by atoms with Gasteiger partial charge in [-0.1, -0.05) is 12.1 Å². The van der Waals surface area contributed by atoms with Crippen molar-refractivity contribution in [3.63, 3.8) is 0 Å². The average Bonchev–Trinajstić information content (AvgIpc) is 3.23. The maximum Gasteiger partial charge on any atom is 0.405 e. The fourth-order valence-corrected chi connectivity index (χ4v) is 2.49. The van der Waals surface area contributed by atoms with Gasteiger partial charge in [-0.05, 0) is 48.5 Å². The summed E-state index contributed by atoms with van der Waals surface area (Å²) < 4.78 is 42.0. The van der Waals surface area contributed by atoms with Gasteiger partial charge in [-0.15, -0.1) is 15.0 Å². The van der Waals surface area contributed by atoms with Crippen LogP contribution in [0.1, 0.15) is 27.9 Å². The van der Waals surface area contributed by atoms with Crippen LogP contribution in [0.15, 0.2) is 48.5 Å². The number of aromatic nitrogens is 4. The van der Waals surface area contributed by atoms with Crippen LogP contribution in [0.2, 0.25) is 0 Å². The smallest absolute Gasteiger partial charge is 0.405 e. The number of nitrogens with one attached hydrogen (secondary N) is 2. The molecule has 2 aromatic carbocycles. The molecule has 0 bridgehead atoms. The fraction of sp³-hybridized carbons (Fsp3) is 0.211. The number of benzene rings is 2. The summed E-state index contributed by atoms with van der Waals surface area (Å²) in [6.45, 7) is 0.734. The summed E-state index contributed by atoms with van der Waals surface area (Å²) in [5, 5.41) is 15.3. The number of halogens is 3. The van der Waals surface area contributed by atoms with E-state index in [0.717, 1.165) is 4.80 Å². The molecule has 0 radical (unpaired) electrons. The standard InChI is InChI=1S/C19H17F3N6O3/c1-2-31-15-6-4-3-5-14(15)17(29)24-12-7-9-13(10-8-12)28-26-16(25-27-28)18(30)23-11-19(20,21)22/h3-10H,2,11H2,1H3,(H,23,30)(H,24,29). The molecule has 1 aromatic heterocycles. The first-order chi connectivity index (χ1) is 14.8. The molecule has 0 aliphatic carbocycles. The van der Waals surface area contributed by atoms with Gasteiger partial charge in [0, 0.05) is 5.69 Å². The Morgan fingerprint density at radius 1 is 1.06 bits per heavy atom. The van der Waals surface area contributed by atoms with Crippen molar-refractivity contribution in [2.45, 2.75) is 13.1 Å². The highest BCUT2D eigenvalue weighted by Crippen LogP contribution is 2.20. The zero-order chi connectivity index (χ0) is 22.4. The van der Waals surface area contributed by atoms with Crippen molar-refractivity contribution in [2.75, 3.05) is 18.5 Å². The van der Waals surface area contributed by atoms with E-state index in [1.807, 2.05) is 6.92 Å².